The zero-order valence-corrected chi connectivity index (χ0v) is 12.2. The summed E-state index contributed by atoms with van der Waals surface area (Å²) in [4.78, 5) is 7.58. The van der Waals surface area contributed by atoms with E-state index in [1.54, 1.807) is 13.8 Å². The molecule has 0 aliphatic carbocycles. The molecule has 2 aromatic carbocycles. The second-order valence-electron chi connectivity index (χ2n) is 5.81. The van der Waals surface area contributed by atoms with Gasteiger partial charge in [-0.15, -0.1) is 0 Å². The summed E-state index contributed by atoms with van der Waals surface area (Å²) in [6, 6.07) is 15.7. The number of imidazole rings is 1. The second-order valence-corrected chi connectivity index (χ2v) is 5.81. The Balaban J connectivity index is 2.01. The lowest BCUT2D eigenvalue weighted by molar-refractivity contribution is 0.0700. The molecule has 4 nitrogen and oxygen atoms in total. The van der Waals surface area contributed by atoms with E-state index >= 15 is 0 Å². The van der Waals surface area contributed by atoms with Crippen LogP contribution in [0.5, 0.6) is 0 Å². The third-order valence-corrected chi connectivity index (χ3v) is 3.60. The van der Waals surface area contributed by atoms with Gasteiger partial charge in [-0.2, -0.15) is 0 Å². The first-order chi connectivity index (χ1) is 9.95. The van der Waals surface area contributed by atoms with Gasteiger partial charge in [0.2, 0.25) is 0 Å². The van der Waals surface area contributed by atoms with Gasteiger partial charge in [0.25, 0.3) is 0 Å². The molecule has 0 amide bonds. The highest BCUT2D eigenvalue weighted by molar-refractivity contribution is 5.76. The van der Waals surface area contributed by atoms with Gasteiger partial charge < -0.3 is 15.8 Å². The summed E-state index contributed by atoms with van der Waals surface area (Å²) >= 11 is 0. The molecular formula is C17H19N3O. The van der Waals surface area contributed by atoms with Crippen LogP contribution in [0.15, 0.2) is 48.5 Å². The van der Waals surface area contributed by atoms with E-state index in [4.69, 9.17) is 5.73 Å². The fourth-order valence-electron chi connectivity index (χ4n) is 2.36. The molecule has 0 fully saturated rings. The number of nitrogens with zero attached hydrogens (tertiary/aromatic N) is 1. The van der Waals surface area contributed by atoms with Crippen LogP contribution in [0.4, 0.5) is 0 Å². The topological polar surface area (TPSA) is 74.9 Å². The Hall–Kier alpha value is -2.17. The van der Waals surface area contributed by atoms with Crippen molar-refractivity contribution in [1.82, 2.24) is 9.97 Å². The number of aromatic amines is 1. The Kier molecular flexibility index (Phi) is 3.27. The van der Waals surface area contributed by atoms with Crippen LogP contribution in [0.3, 0.4) is 0 Å². The molecule has 1 unspecified atom stereocenters. The summed E-state index contributed by atoms with van der Waals surface area (Å²) in [5.74, 6) is 0.558. The molecule has 4 heteroatoms. The van der Waals surface area contributed by atoms with Gasteiger partial charge in [-0.05, 0) is 37.1 Å². The standard InChI is InChI=1S/C17H19N3O/c1-17(2,21)16-19-13-9-8-12(10-14(13)20-16)15(18)11-6-4-3-5-7-11/h3-10,15,21H,18H2,1-2H3,(H,19,20). The number of rotatable bonds is 3. The Morgan fingerprint density at radius 2 is 1.81 bits per heavy atom. The normalized spacial score (nSPS) is 13.5. The molecule has 3 aromatic rings. The number of nitrogens with one attached hydrogen (secondary N) is 1. The Morgan fingerprint density at radius 3 is 2.48 bits per heavy atom. The van der Waals surface area contributed by atoms with Crippen LogP contribution < -0.4 is 5.73 Å². The minimum absolute atomic E-state index is 0.176. The van der Waals surface area contributed by atoms with E-state index in [9.17, 15) is 5.11 Å². The van der Waals surface area contributed by atoms with Gasteiger partial charge in [-0.1, -0.05) is 36.4 Å². The van der Waals surface area contributed by atoms with Gasteiger partial charge in [0.1, 0.15) is 11.4 Å². The molecule has 0 aliphatic heterocycles. The van der Waals surface area contributed by atoms with Crippen LogP contribution >= 0.6 is 0 Å². The van der Waals surface area contributed by atoms with Gasteiger partial charge in [-0.3, -0.25) is 0 Å². The van der Waals surface area contributed by atoms with Crippen molar-refractivity contribution in [2.75, 3.05) is 0 Å². The lowest BCUT2D eigenvalue weighted by atomic mass is 9.99. The van der Waals surface area contributed by atoms with Crippen molar-refractivity contribution >= 4 is 11.0 Å². The zero-order valence-electron chi connectivity index (χ0n) is 12.2. The SMILES string of the molecule is CC(C)(O)c1nc2ccc(C(N)c3ccccc3)cc2[nH]1. The second kappa shape index (κ2) is 4.98. The number of aromatic nitrogens is 2. The Bertz CT molecular complexity index is 757. The maximum atomic E-state index is 10.0. The van der Waals surface area contributed by atoms with Crippen molar-refractivity contribution < 1.29 is 5.11 Å². The molecule has 1 heterocycles. The van der Waals surface area contributed by atoms with Crippen LogP contribution in [0.1, 0.15) is 36.8 Å². The average Bonchev–Trinajstić information content (AvgIpc) is 2.90. The minimum Gasteiger partial charge on any atom is -0.383 e. The zero-order chi connectivity index (χ0) is 15.0. The molecule has 0 aliphatic rings. The summed E-state index contributed by atoms with van der Waals surface area (Å²) in [6.07, 6.45) is 0. The lowest BCUT2D eigenvalue weighted by Gasteiger charge is -2.12. The van der Waals surface area contributed by atoms with Crippen molar-refractivity contribution in [2.45, 2.75) is 25.5 Å². The summed E-state index contributed by atoms with van der Waals surface area (Å²) in [5.41, 5.74) is 9.13. The molecule has 0 saturated heterocycles. The predicted octanol–water partition coefficient (Wildman–Crippen LogP) is 2.84. The highest BCUT2D eigenvalue weighted by atomic mass is 16.3. The average molecular weight is 281 g/mol. The summed E-state index contributed by atoms with van der Waals surface area (Å²) in [7, 11) is 0. The molecule has 108 valence electrons. The van der Waals surface area contributed by atoms with Crippen LogP contribution in [-0.4, -0.2) is 15.1 Å². The monoisotopic (exact) mass is 281 g/mol. The van der Waals surface area contributed by atoms with Gasteiger partial charge in [-0.25, -0.2) is 4.98 Å². The Morgan fingerprint density at radius 1 is 1.10 bits per heavy atom. The number of hydrogen-bond acceptors (Lipinski definition) is 3. The highest BCUT2D eigenvalue weighted by Crippen LogP contribution is 2.25. The quantitative estimate of drug-likeness (QED) is 0.691. The van der Waals surface area contributed by atoms with Crippen LogP contribution in [-0.2, 0) is 5.60 Å². The predicted molar refractivity (Wildman–Crippen MR) is 83.8 cm³/mol. The Labute approximate surface area is 123 Å². The largest absolute Gasteiger partial charge is 0.383 e. The van der Waals surface area contributed by atoms with E-state index in [2.05, 4.69) is 9.97 Å². The number of fused-ring (bicyclic) bond motifs is 1. The van der Waals surface area contributed by atoms with E-state index in [1.807, 2.05) is 48.5 Å². The van der Waals surface area contributed by atoms with Crippen LogP contribution in [0.25, 0.3) is 11.0 Å². The number of H-pyrrole nitrogens is 1. The van der Waals surface area contributed by atoms with Crippen molar-refractivity contribution in [3.63, 3.8) is 0 Å². The third-order valence-electron chi connectivity index (χ3n) is 3.60. The summed E-state index contributed by atoms with van der Waals surface area (Å²) in [5, 5.41) is 10.0. The number of aliphatic hydroxyl groups is 1. The third kappa shape index (κ3) is 2.68. The molecule has 4 N–H and O–H groups in total. The van der Waals surface area contributed by atoms with Gasteiger partial charge >= 0.3 is 0 Å². The van der Waals surface area contributed by atoms with Gasteiger partial charge in [0.05, 0.1) is 17.1 Å². The number of nitrogens with two attached hydrogens (primary N) is 1. The molecule has 0 saturated carbocycles. The molecular weight excluding hydrogens is 262 g/mol. The van der Waals surface area contributed by atoms with Gasteiger partial charge in [0, 0.05) is 0 Å². The maximum Gasteiger partial charge on any atom is 0.138 e. The fourth-order valence-corrected chi connectivity index (χ4v) is 2.36. The van der Waals surface area contributed by atoms with Gasteiger partial charge in [0.15, 0.2) is 0 Å². The van der Waals surface area contributed by atoms with Crippen LogP contribution in [0.2, 0.25) is 0 Å². The first-order valence-electron chi connectivity index (χ1n) is 6.98. The highest BCUT2D eigenvalue weighted by Gasteiger charge is 2.20. The maximum absolute atomic E-state index is 10.0. The number of hydrogen-bond donors (Lipinski definition) is 3. The fraction of sp³-hybridized carbons (Fsp3) is 0.235. The first-order valence-corrected chi connectivity index (χ1v) is 6.98. The molecule has 0 bridgehead atoms. The summed E-state index contributed by atoms with van der Waals surface area (Å²) in [6.45, 7) is 3.42. The number of benzene rings is 2. The van der Waals surface area contributed by atoms with E-state index in [0.717, 1.165) is 22.2 Å². The summed E-state index contributed by atoms with van der Waals surface area (Å²) < 4.78 is 0. The lowest BCUT2D eigenvalue weighted by Crippen LogP contribution is -2.17. The molecule has 3 rings (SSSR count). The van der Waals surface area contributed by atoms with Crippen molar-refractivity contribution in [1.29, 1.82) is 0 Å². The van der Waals surface area contributed by atoms with Crippen molar-refractivity contribution in [3.05, 3.63) is 65.5 Å². The first kappa shape index (κ1) is 13.8. The van der Waals surface area contributed by atoms with Crippen molar-refractivity contribution in [3.8, 4) is 0 Å². The van der Waals surface area contributed by atoms with Crippen molar-refractivity contribution in [2.24, 2.45) is 5.73 Å². The van der Waals surface area contributed by atoms with E-state index < -0.39 is 5.60 Å². The molecule has 1 aromatic heterocycles. The molecule has 0 spiro atoms. The van der Waals surface area contributed by atoms with Crippen LogP contribution in [0, 0.1) is 0 Å². The molecule has 21 heavy (non-hydrogen) atoms. The van der Waals surface area contributed by atoms with E-state index in [-0.39, 0.29) is 6.04 Å². The minimum atomic E-state index is -0.985. The molecule has 1 atom stereocenters. The van der Waals surface area contributed by atoms with E-state index in [1.165, 1.54) is 0 Å². The smallest absolute Gasteiger partial charge is 0.138 e. The van der Waals surface area contributed by atoms with E-state index in [0.29, 0.717) is 5.82 Å². The molecule has 0 radical (unpaired) electrons.